The van der Waals surface area contributed by atoms with Crippen molar-refractivity contribution in [1.29, 1.82) is 0 Å². The molecule has 9 nitrogen and oxygen atoms in total. The number of halogens is 1. The third kappa shape index (κ3) is 5.60. The number of hydrogen-bond acceptors (Lipinski definition) is 6. The first-order valence-corrected chi connectivity index (χ1v) is 13.8. The lowest BCUT2D eigenvalue weighted by Gasteiger charge is -2.24. The first-order chi connectivity index (χ1) is 19.8. The van der Waals surface area contributed by atoms with Crippen molar-refractivity contribution in [3.63, 3.8) is 0 Å². The Morgan fingerprint density at radius 3 is 2.51 bits per heavy atom. The Labute approximate surface area is 244 Å². The van der Waals surface area contributed by atoms with Crippen LogP contribution in [0.25, 0.3) is 22.0 Å². The van der Waals surface area contributed by atoms with E-state index < -0.39 is 12.0 Å². The van der Waals surface area contributed by atoms with Gasteiger partial charge in [0.15, 0.2) is 11.5 Å². The molecule has 0 spiro atoms. The second-order valence-electron chi connectivity index (χ2n) is 9.60. The highest BCUT2D eigenvalue weighted by Gasteiger charge is 2.37. The van der Waals surface area contributed by atoms with Crippen molar-refractivity contribution in [3.8, 4) is 22.6 Å². The molecule has 0 saturated heterocycles. The Bertz CT molecular complexity index is 1720. The average molecular weight is 618 g/mol. The number of H-pyrrole nitrogens is 1. The number of amides is 1. The molecule has 4 aromatic rings. The second-order valence-corrected chi connectivity index (χ2v) is 10.5. The van der Waals surface area contributed by atoms with Crippen LogP contribution in [0.5, 0.6) is 11.5 Å². The second kappa shape index (κ2) is 12.0. The minimum Gasteiger partial charge on any atom is -0.493 e. The predicted molar refractivity (Wildman–Crippen MR) is 159 cm³/mol. The summed E-state index contributed by atoms with van der Waals surface area (Å²) < 4.78 is 12.0. The zero-order valence-electron chi connectivity index (χ0n) is 22.5. The summed E-state index contributed by atoms with van der Waals surface area (Å²) in [6.07, 6.45) is 0.243. The number of hydrazone groups is 1. The number of carboxylic acids is 1. The largest absolute Gasteiger partial charge is 0.493 e. The summed E-state index contributed by atoms with van der Waals surface area (Å²) >= 11 is 3.56. The number of carbonyl (C=O) groups excluding carboxylic acids is 1. The van der Waals surface area contributed by atoms with Crippen LogP contribution in [0.1, 0.15) is 42.9 Å². The van der Waals surface area contributed by atoms with Crippen LogP contribution in [0.2, 0.25) is 0 Å². The molecule has 1 amide bonds. The van der Waals surface area contributed by atoms with Gasteiger partial charge in [0.2, 0.25) is 5.91 Å². The summed E-state index contributed by atoms with van der Waals surface area (Å²) in [7, 11) is 3.06. The van der Waals surface area contributed by atoms with Crippen molar-refractivity contribution in [3.05, 3.63) is 92.7 Å². The lowest BCUT2D eigenvalue weighted by atomic mass is 9.90. The average Bonchev–Trinajstić information content (AvgIpc) is 3.41. The highest BCUT2D eigenvalue weighted by atomic mass is 79.9. The molecule has 0 saturated carbocycles. The van der Waals surface area contributed by atoms with E-state index in [0.717, 1.165) is 15.4 Å². The summed E-state index contributed by atoms with van der Waals surface area (Å²) in [5.41, 5.74) is 3.37. The van der Waals surface area contributed by atoms with E-state index >= 15 is 0 Å². The molecule has 210 valence electrons. The smallest absolute Gasteiger partial charge is 0.303 e. The number of nitrogens with one attached hydrogen (secondary N) is 1. The zero-order valence-corrected chi connectivity index (χ0v) is 24.1. The molecule has 1 atom stereocenters. The molecule has 0 unspecified atom stereocenters. The lowest BCUT2D eigenvalue weighted by Crippen LogP contribution is -2.27. The van der Waals surface area contributed by atoms with Crippen molar-refractivity contribution < 1.29 is 24.2 Å². The fourth-order valence-electron chi connectivity index (χ4n) is 5.26. The van der Waals surface area contributed by atoms with E-state index in [9.17, 15) is 14.4 Å². The fourth-order valence-corrected chi connectivity index (χ4v) is 5.62. The SMILES string of the molecule is COc1cccc([C@@H]2CC(c3c(-c4ccccc4)c4cc(Br)ccc4[nH]c3=O)=NN2C(=O)CCCC(=O)O)c1OC. The fraction of sp³-hybridized carbons (Fsp3) is 0.226. The van der Waals surface area contributed by atoms with Crippen molar-refractivity contribution in [2.75, 3.05) is 14.2 Å². The number of carboxylic acid groups (broad SMARTS) is 1. The first kappa shape index (κ1) is 28.1. The zero-order chi connectivity index (χ0) is 29.1. The Hall–Kier alpha value is -4.44. The highest BCUT2D eigenvalue weighted by Crippen LogP contribution is 2.43. The van der Waals surface area contributed by atoms with E-state index in [-0.39, 0.29) is 37.1 Å². The van der Waals surface area contributed by atoms with Gasteiger partial charge in [-0.05, 0) is 36.2 Å². The molecule has 0 radical (unpaired) electrons. The van der Waals surface area contributed by atoms with Gasteiger partial charge in [0.1, 0.15) is 0 Å². The van der Waals surface area contributed by atoms with Gasteiger partial charge in [0.25, 0.3) is 5.56 Å². The number of aliphatic carboxylic acids is 1. The van der Waals surface area contributed by atoms with E-state index in [1.54, 1.807) is 12.1 Å². The maximum absolute atomic E-state index is 13.7. The molecule has 1 aliphatic heterocycles. The van der Waals surface area contributed by atoms with Gasteiger partial charge in [-0.3, -0.25) is 14.4 Å². The van der Waals surface area contributed by atoms with E-state index in [0.29, 0.717) is 39.4 Å². The number of ether oxygens (including phenoxy) is 2. The number of rotatable bonds is 9. The Kier molecular flexibility index (Phi) is 8.21. The van der Waals surface area contributed by atoms with E-state index in [4.69, 9.17) is 19.7 Å². The number of aromatic nitrogens is 1. The van der Waals surface area contributed by atoms with E-state index in [2.05, 4.69) is 20.9 Å². The van der Waals surface area contributed by atoms with Crippen molar-refractivity contribution in [1.82, 2.24) is 9.99 Å². The van der Waals surface area contributed by atoms with Crippen LogP contribution in [0.4, 0.5) is 0 Å². The minimum absolute atomic E-state index is 0.0154. The quantitative estimate of drug-likeness (QED) is 0.241. The first-order valence-electron chi connectivity index (χ1n) is 13.1. The molecule has 2 heterocycles. The molecular formula is C31H28BrN3O6. The summed E-state index contributed by atoms with van der Waals surface area (Å²) in [5, 5.41) is 16.0. The van der Waals surface area contributed by atoms with Crippen molar-refractivity contribution in [2.24, 2.45) is 5.10 Å². The van der Waals surface area contributed by atoms with Crippen LogP contribution in [-0.2, 0) is 9.59 Å². The Balaban J connectivity index is 1.69. The molecule has 1 aliphatic rings. The van der Waals surface area contributed by atoms with Gasteiger partial charge in [0.05, 0.1) is 31.5 Å². The molecule has 10 heteroatoms. The lowest BCUT2D eigenvalue weighted by molar-refractivity contribution is -0.137. The van der Waals surface area contributed by atoms with Gasteiger partial charge in [0, 0.05) is 45.8 Å². The summed E-state index contributed by atoms with van der Waals surface area (Å²) in [5.74, 6) is -0.373. The minimum atomic E-state index is -0.976. The third-order valence-electron chi connectivity index (χ3n) is 7.07. The van der Waals surface area contributed by atoms with E-state index in [1.807, 2.05) is 54.6 Å². The van der Waals surface area contributed by atoms with Crippen molar-refractivity contribution in [2.45, 2.75) is 31.7 Å². The van der Waals surface area contributed by atoms with Crippen LogP contribution in [0.15, 0.2) is 81.1 Å². The number of nitrogens with zero attached hydrogens (tertiary/aromatic N) is 2. The maximum Gasteiger partial charge on any atom is 0.303 e. The maximum atomic E-state index is 13.7. The number of carbonyl (C=O) groups is 2. The summed E-state index contributed by atoms with van der Waals surface area (Å²) in [6, 6.07) is 20.0. The molecule has 1 aromatic heterocycles. The van der Waals surface area contributed by atoms with Gasteiger partial charge in [-0.25, -0.2) is 5.01 Å². The molecule has 3 aromatic carbocycles. The van der Waals surface area contributed by atoms with Gasteiger partial charge in [-0.2, -0.15) is 5.10 Å². The topological polar surface area (TPSA) is 121 Å². The number of hydrogen-bond donors (Lipinski definition) is 2. The van der Waals surface area contributed by atoms with Gasteiger partial charge >= 0.3 is 5.97 Å². The van der Waals surface area contributed by atoms with E-state index in [1.165, 1.54) is 19.2 Å². The molecule has 0 bridgehead atoms. The normalized spacial score (nSPS) is 14.7. The number of methoxy groups -OCH3 is 2. The molecular weight excluding hydrogens is 590 g/mol. The number of pyridine rings is 1. The van der Waals surface area contributed by atoms with Gasteiger partial charge in [-0.1, -0.05) is 58.4 Å². The number of fused-ring (bicyclic) bond motifs is 1. The van der Waals surface area contributed by atoms with Crippen molar-refractivity contribution >= 4 is 44.4 Å². The molecule has 5 rings (SSSR count). The monoisotopic (exact) mass is 617 g/mol. The predicted octanol–water partition coefficient (Wildman–Crippen LogP) is 5.91. The Morgan fingerprint density at radius 2 is 1.80 bits per heavy atom. The molecule has 0 aliphatic carbocycles. The molecule has 2 N–H and O–H groups in total. The Morgan fingerprint density at radius 1 is 1.02 bits per heavy atom. The van der Waals surface area contributed by atoms with Gasteiger partial charge in [-0.15, -0.1) is 0 Å². The van der Waals surface area contributed by atoms with Gasteiger partial charge < -0.3 is 19.6 Å². The van der Waals surface area contributed by atoms with Crippen LogP contribution < -0.4 is 15.0 Å². The summed E-state index contributed by atoms with van der Waals surface area (Å²) in [6.45, 7) is 0. The van der Waals surface area contributed by atoms with Crippen LogP contribution >= 0.6 is 15.9 Å². The van der Waals surface area contributed by atoms with Crippen LogP contribution in [0, 0.1) is 0 Å². The van der Waals surface area contributed by atoms with Crippen LogP contribution in [0.3, 0.4) is 0 Å². The molecule has 0 fully saturated rings. The standard InChI is InChI=1S/C31H28BrN3O6/c1-40-25-11-6-10-20(30(25)41-2)24-17-23(34-35(24)26(36)12-7-13-27(37)38)29-28(18-8-4-3-5-9-18)21-16-19(32)14-15-22(21)33-31(29)39/h3-6,8-11,14-16,24H,7,12-13,17H2,1-2H3,(H,33,39)(H,37,38)/t24-/m0/s1. The highest BCUT2D eigenvalue weighted by molar-refractivity contribution is 9.10. The summed E-state index contributed by atoms with van der Waals surface area (Å²) in [4.78, 5) is 41.3. The van der Waals surface area contributed by atoms with Crippen LogP contribution in [-0.4, -0.2) is 46.9 Å². The number of benzene rings is 3. The number of aromatic amines is 1. The molecule has 41 heavy (non-hydrogen) atoms. The number of para-hydroxylation sites is 1. The third-order valence-corrected chi connectivity index (χ3v) is 7.56.